The number of alkyl carbamates (subject to hydrolysis) is 1. The molecule has 0 aromatic rings. The van der Waals surface area contributed by atoms with Gasteiger partial charge in [0.05, 0.1) is 0 Å². The summed E-state index contributed by atoms with van der Waals surface area (Å²) in [5.41, 5.74) is 5.63. The fraction of sp³-hybridized carbons (Fsp3) is 0.800. The zero-order chi connectivity index (χ0) is 12.0. The van der Waals surface area contributed by atoms with Crippen molar-refractivity contribution < 1.29 is 19.4 Å². The van der Waals surface area contributed by atoms with Gasteiger partial charge in [-0.3, -0.25) is 0 Å². The first-order valence-corrected chi connectivity index (χ1v) is 5.51. The first kappa shape index (κ1) is 12.8. The highest BCUT2D eigenvalue weighted by atomic mass is 16.6. The summed E-state index contributed by atoms with van der Waals surface area (Å²) in [6.45, 7) is -0.0752. The van der Waals surface area contributed by atoms with Crippen LogP contribution in [-0.2, 0) is 9.53 Å². The molecule has 1 saturated heterocycles. The van der Waals surface area contributed by atoms with Crippen LogP contribution in [0.1, 0.15) is 32.1 Å². The number of nitrogens with two attached hydrogens (primary N) is 1. The Hall–Kier alpha value is -1.30. The maximum atomic E-state index is 10.2. The second-order valence-electron chi connectivity index (χ2n) is 4.03. The molecular weight excluding hydrogens is 212 g/mol. The van der Waals surface area contributed by atoms with Gasteiger partial charge in [-0.05, 0) is 12.8 Å². The van der Waals surface area contributed by atoms with E-state index in [-0.39, 0.29) is 6.61 Å². The van der Waals surface area contributed by atoms with E-state index in [9.17, 15) is 9.59 Å². The van der Waals surface area contributed by atoms with Gasteiger partial charge in [0.15, 0.2) is 6.04 Å². The summed E-state index contributed by atoms with van der Waals surface area (Å²) in [6.07, 6.45) is 6.00. The number of aliphatic carboxylic acids is 1. The molecule has 1 unspecified atom stereocenters. The fourth-order valence-corrected chi connectivity index (χ4v) is 1.65. The molecule has 0 aromatic carbocycles. The van der Waals surface area contributed by atoms with Gasteiger partial charge in [0, 0.05) is 6.04 Å². The minimum atomic E-state index is -1.07. The molecule has 4 N–H and O–H groups in total. The van der Waals surface area contributed by atoms with Crippen molar-refractivity contribution in [2.75, 3.05) is 6.61 Å². The zero-order valence-electron chi connectivity index (χ0n) is 9.15. The molecule has 6 heteroatoms. The topological polar surface area (TPSA) is 102 Å². The fourth-order valence-electron chi connectivity index (χ4n) is 1.65. The smallest absolute Gasteiger partial charge is 0.408 e. The molecule has 0 spiro atoms. The number of nitrogens with one attached hydrogen (secondary N) is 1. The Labute approximate surface area is 94.1 Å². The summed E-state index contributed by atoms with van der Waals surface area (Å²) in [6, 6.07) is -0.328. The van der Waals surface area contributed by atoms with Crippen LogP contribution in [0.2, 0.25) is 0 Å². The van der Waals surface area contributed by atoms with E-state index in [1.165, 1.54) is 32.1 Å². The summed E-state index contributed by atoms with van der Waals surface area (Å²) in [5, 5.41) is 10.3. The zero-order valence-corrected chi connectivity index (χ0v) is 9.15. The molecule has 6 nitrogen and oxygen atoms in total. The first-order valence-electron chi connectivity index (χ1n) is 5.51. The number of ether oxygens (including phenoxy) is 1. The monoisotopic (exact) mass is 230 g/mol. The summed E-state index contributed by atoms with van der Waals surface area (Å²) in [7, 11) is 0. The quantitative estimate of drug-likeness (QED) is 0.607. The number of cyclic esters (lactones) is 1. The van der Waals surface area contributed by atoms with Crippen molar-refractivity contribution in [2.24, 2.45) is 5.73 Å². The van der Waals surface area contributed by atoms with E-state index in [4.69, 9.17) is 10.8 Å². The van der Waals surface area contributed by atoms with E-state index < -0.39 is 18.1 Å². The van der Waals surface area contributed by atoms with Gasteiger partial charge < -0.3 is 20.9 Å². The lowest BCUT2D eigenvalue weighted by Crippen LogP contribution is -2.33. The molecule has 0 bridgehead atoms. The molecule has 2 aliphatic rings. The predicted molar refractivity (Wildman–Crippen MR) is 57.0 cm³/mol. The molecule has 1 atom stereocenters. The predicted octanol–water partition coefficient (Wildman–Crippen LogP) is 0.457. The van der Waals surface area contributed by atoms with Gasteiger partial charge >= 0.3 is 12.1 Å². The Morgan fingerprint density at radius 1 is 1.38 bits per heavy atom. The number of amides is 1. The molecule has 2 rings (SSSR count). The largest absolute Gasteiger partial charge is 0.480 e. The second kappa shape index (κ2) is 6.32. The Balaban J connectivity index is 0.000000165. The third kappa shape index (κ3) is 4.48. The maximum Gasteiger partial charge on any atom is 0.408 e. The maximum absolute atomic E-state index is 10.2. The Bertz CT molecular complexity index is 251. The van der Waals surface area contributed by atoms with Crippen LogP contribution in [0.25, 0.3) is 0 Å². The van der Waals surface area contributed by atoms with Crippen molar-refractivity contribution in [2.45, 2.75) is 44.2 Å². The SMILES string of the molecule is NC1CCCCC1.O=C1NC(C(=O)O)CO1. The molecule has 1 aliphatic carbocycles. The second-order valence-corrected chi connectivity index (χ2v) is 4.03. The van der Waals surface area contributed by atoms with Crippen LogP contribution in [0.3, 0.4) is 0 Å². The lowest BCUT2D eigenvalue weighted by Gasteiger charge is -2.15. The molecule has 92 valence electrons. The van der Waals surface area contributed by atoms with Gasteiger partial charge in [-0.1, -0.05) is 19.3 Å². The minimum Gasteiger partial charge on any atom is -0.480 e. The Morgan fingerprint density at radius 3 is 2.25 bits per heavy atom. The van der Waals surface area contributed by atoms with Gasteiger partial charge in [-0.15, -0.1) is 0 Å². The van der Waals surface area contributed by atoms with Crippen LogP contribution < -0.4 is 11.1 Å². The molecule has 1 heterocycles. The lowest BCUT2D eigenvalue weighted by atomic mass is 9.97. The molecular formula is C10H18N2O4. The first-order chi connectivity index (χ1) is 7.59. The van der Waals surface area contributed by atoms with E-state index >= 15 is 0 Å². The van der Waals surface area contributed by atoms with E-state index in [1.807, 2.05) is 0 Å². The van der Waals surface area contributed by atoms with Crippen LogP contribution in [0.4, 0.5) is 4.79 Å². The van der Waals surface area contributed by atoms with E-state index in [0.717, 1.165) is 0 Å². The highest BCUT2D eigenvalue weighted by Gasteiger charge is 2.27. The standard InChI is InChI=1S/C6H13N.C4H5NO4/c7-6-4-2-1-3-5-6;6-3(7)2-1-9-4(8)5-2/h6H,1-5,7H2;2H,1H2,(H,5,8)(H,6,7). The highest BCUT2D eigenvalue weighted by molar-refractivity contribution is 5.82. The lowest BCUT2D eigenvalue weighted by molar-refractivity contribution is -0.139. The Morgan fingerprint density at radius 2 is 2.00 bits per heavy atom. The Kier molecular flexibility index (Phi) is 5.04. The van der Waals surface area contributed by atoms with Crippen molar-refractivity contribution >= 4 is 12.1 Å². The van der Waals surface area contributed by atoms with E-state index in [1.54, 1.807) is 0 Å². The molecule has 2 fully saturated rings. The number of carbonyl (C=O) groups is 2. The molecule has 16 heavy (non-hydrogen) atoms. The average Bonchev–Trinajstić information content (AvgIpc) is 2.67. The van der Waals surface area contributed by atoms with Gasteiger partial charge in [-0.2, -0.15) is 0 Å². The number of hydrogen-bond donors (Lipinski definition) is 3. The summed E-state index contributed by atoms with van der Waals surface area (Å²) < 4.78 is 4.30. The van der Waals surface area contributed by atoms with Crippen LogP contribution in [-0.4, -0.2) is 35.9 Å². The van der Waals surface area contributed by atoms with Gasteiger partial charge in [0.1, 0.15) is 6.61 Å². The molecule has 1 amide bonds. The number of rotatable bonds is 1. The van der Waals surface area contributed by atoms with Crippen LogP contribution in [0, 0.1) is 0 Å². The van der Waals surface area contributed by atoms with Crippen LogP contribution in [0.5, 0.6) is 0 Å². The number of carboxylic acids is 1. The summed E-state index contributed by atoms with van der Waals surface area (Å²) >= 11 is 0. The normalized spacial score (nSPS) is 25.1. The molecule has 1 saturated carbocycles. The van der Waals surface area contributed by atoms with E-state index in [2.05, 4.69) is 10.1 Å². The number of carboxylic acid groups (broad SMARTS) is 1. The van der Waals surface area contributed by atoms with Gasteiger partial charge in [0.2, 0.25) is 0 Å². The summed E-state index contributed by atoms with van der Waals surface area (Å²) in [5.74, 6) is -1.07. The molecule has 0 radical (unpaired) electrons. The number of hydrogen-bond acceptors (Lipinski definition) is 4. The van der Waals surface area contributed by atoms with Crippen molar-refractivity contribution in [1.82, 2.24) is 5.32 Å². The van der Waals surface area contributed by atoms with Crippen LogP contribution in [0.15, 0.2) is 0 Å². The summed E-state index contributed by atoms with van der Waals surface area (Å²) in [4.78, 5) is 20.2. The minimum absolute atomic E-state index is 0.0752. The van der Waals surface area contributed by atoms with Gasteiger partial charge in [-0.25, -0.2) is 9.59 Å². The number of carbonyl (C=O) groups excluding carboxylic acids is 1. The average molecular weight is 230 g/mol. The van der Waals surface area contributed by atoms with Crippen molar-refractivity contribution in [1.29, 1.82) is 0 Å². The van der Waals surface area contributed by atoms with Crippen LogP contribution >= 0.6 is 0 Å². The van der Waals surface area contributed by atoms with Crippen molar-refractivity contribution in [3.8, 4) is 0 Å². The van der Waals surface area contributed by atoms with Crippen molar-refractivity contribution in [3.63, 3.8) is 0 Å². The third-order valence-electron chi connectivity index (χ3n) is 2.62. The third-order valence-corrected chi connectivity index (χ3v) is 2.62. The van der Waals surface area contributed by atoms with E-state index in [0.29, 0.717) is 6.04 Å². The molecule has 1 aliphatic heterocycles. The molecule has 0 aromatic heterocycles. The van der Waals surface area contributed by atoms with Crippen molar-refractivity contribution in [3.05, 3.63) is 0 Å². The van der Waals surface area contributed by atoms with Gasteiger partial charge in [0.25, 0.3) is 0 Å². The highest BCUT2D eigenvalue weighted by Crippen LogP contribution is 2.14.